The molecule has 0 aliphatic carbocycles. The highest BCUT2D eigenvalue weighted by molar-refractivity contribution is 5.23. The summed E-state index contributed by atoms with van der Waals surface area (Å²) in [7, 11) is 0. The summed E-state index contributed by atoms with van der Waals surface area (Å²) in [5, 5.41) is 10.6. The Morgan fingerprint density at radius 2 is 1.74 bits per heavy atom. The van der Waals surface area contributed by atoms with Crippen LogP contribution in [-0.4, -0.2) is 16.8 Å². The molecule has 1 atom stereocenters. The van der Waals surface area contributed by atoms with Crippen LogP contribution < -0.4 is 10.1 Å². The minimum absolute atomic E-state index is 0.116. The van der Waals surface area contributed by atoms with Gasteiger partial charge in [-0.1, -0.05) is 48.5 Å². The molecule has 0 saturated carbocycles. The average Bonchev–Trinajstić information content (AvgIpc) is 3.02. The number of nitrogens with one attached hydrogen (secondary N) is 2. The molecule has 1 heterocycles. The van der Waals surface area contributed by atoms with Gasteiger partial charge in [-0.05, 0) is 24.6 Å². The summed E-state index contributed by atoms with van der Waals surface area (Å²) < 4.78 is 5.94. The molecule has 118 valence electrons. The van der Waals surface area contributed by atoms with E-state index in [1.807, 2.05) is 49.5 Å². The van der Waals surface area contributed by atoms with E-state index < -0.39 is 0 Å². The second-order valence-corrected chi connectivity index (χ2v) is 5.49. The Morgan fingerprint density at radius 1 is 1.04 bits per heavy atom. The maximum absolute atomic E-state index is 5.94. The van der Waals surface area contributed by atoms with Crippen molar-refractivity contribution in [1.29, 1.82) is 0 Å². The maximum atomic E-state index is 5.94. The molecule has 0 saturated heterocycles. The predicted molar refractivity (Wildman–Crippen MR) is 91.3 cm³/mol. The summed E-state index contributed by atoms with van der Waals surface area (Å²) in [6, 6.07) is 20.4. The lowest BCUT2D eigenvalue weighted by Gasteiger charge is -2.20. The molecular formula is C19H21N3O. The molecule has 0 bridgehead atoms. The van der Waals surface area contributed by atoms with Crippen molar-refractivity contribution in [2.75, 3.05) is 6.61 Å². The SMILES string of the molecule is Cc1[nH]ncc1CNC(COc1ccccc1)c1ccccc1. The van der Waals surface area contributed by atoms with E-state index in [1.54, 1.807) is 0 Å². The van der Waals surface area contributed by atoms with E-state index in [9.17, 15) is 0 Å². The normalized spacial score (nSPS) is 12.0. The maximum Gasteiger partial charge on any atom is 0.119 e. The lowest BCUT2D eigenvalue weighted by atomic mass is 10.1. The first-order valence-corrected chi connectivity index (χ1v) is 7.78. The molecule has 23 heavy (non-hydrogen) atoms. The van der Waals surface area contributed by atoms with Crippen LogP contribution in [0.4, 0.5) is 0 Å². The first-order chi connectivity index (χ1) is 11.3. The van der Waals surface area contributed by atoms with E-state index in [0.29, 0.717) is 6.61 Å². The van der Waals surface area contributed by atoms with E-state index in [0.717, 1.165) is 18.0 Å². The molecule has 0 aliphatic heterocycles. The third kappa shape index (κ3) is 4.20. The standard InChI is InChI=1S/C19H21N3O/c1-15-17(13-21-22-15)12-20-19(16-8-4-2-5-9-16)14-23-18-10-6-3-7-11-18/h2-11,13,19-20H,12,14H2,1H3,(H,21,22). The molecule has 3 aromatic rings. The van der Waals surface area contributed by atoms with Gasteiger partial charge in [0.15, 0.2) is 0 Å². The third-order valence-electron chi connectivity index (χ3n) is 3.84. The monoisotopic (exact) mass is 307 g/mol. The molecule has 4 nitrogen and oxygen atoms in total. The molecular weight excluding hydrogens is 286 g/mol. The van der Waals surface area contributed by atoms with Gasteiger partial charge in [-0.3, -0.25) is 5.10 Å². The molecule has 3 rings (SSSR count). The van der Waals surface area contributed by atoms with Gasteiger partial charge in [-0.15, -0.1) is 0 Å². The fourth-order valence-electron chi connectivity index (χ4n) is 2.44. The molecule has 0 fully saturated rings. The molecule has 0 spiro atoms. The molecule has 1 aromatic heterocycles. The van der Waals surface area contributed by atoms with E-state index in [4.69, 9.17) is 4.74 Å². The number of rotatable bonds is 7. The lowest BCUT2D eigenvalue weighted by Crippen LogP contribution is -2.26. The number of ether oxygens (including phenoxy) is 1. The van der Waals surface area contributed by atoms with E-state index >= 15 is 0 Å². The first kappa shape index (κ1) is 15.3. The Labute approximate surface area is 136 Å². The first-order valence-electron chi connectivity index (χ1n) is 7.78. The molecule has 0 radical (unpaired) electrons. The number of nitrogens with zero attached hydrogens (tertiary/aromatic N) is 1. The number of aromatic amines is 1. The van der Waals surface area contributed by atoms with Crippen LogP contribution >= 0.6 is 0 Å². The number of hydrogen-bond acceptors (Lipinski definition) is 3. The molecule has 4 heteroatoms. The highest BCUT2D eigenvalue weighted by Crippen LogP contribution is 2.17. The summed E-state index contributed by atoms with van der Waals surface area (Å²) in [6.45, 7) is 3.35. The average molecular weight is 307 g/mol. The smallest absolute Gasteiger partial charge is 0.119 e. The van der Waals surface area contributed by atoms with Crippen LogP contribution in [0.5, 0.6) is 5.75 Å². The minimum atomic E-state index is 0.116. The van der Waals surface area contributed by atoms with Crippen molar-refractivity contribution in [3.05, 3.63) is 83.7 Å². The van der Waals surface area contributed by atoms with E-state index in [2.05, 4.69) is 39.8 Å². The second-order valence-electron chi connectivity index (χ2n) is 5.49. The Kier molecular flexibility index (Phi) is 5.06. The van der Waals surface area contributed by atoms with Crippen LogP contribution in [0.15, 0.2) is 66.9 Å². The molecule has 2 N–H and O–H groups in total. The Hall–Kier alpha value is -2.59. The molecule has 0 aliphatic rings. The van der Waals surface area contributed by atoms with Crippen molar-refractivity contribution >= 4 is 0 Å². The van der Waals surface area contributed by atoms with Crippen LogP contribution in [0, 0.1) is 6.92 Å². The Balaban J connectivity index is 1.68. The summed E-state index contributed by atoms with van der Waals surface area (Å²) in [6.07, 6.45) is 1.86. The zero-order valence-corrected chi connectivity index (χ0v) is 13.2. The van der Waals surface area contributed by atoms with Crippen molar-refractivity contribution < 1.29 is 4.74 Å². The fourth-order valence-corrected chi connectivity index (χ4v) is 2.44. The van der Waals surface area contributed by atoms with Gasteiger partial charge in [0, 0.05) is 17.8 Å². The quantitative estimate of drug-likeness (QED) is 0.701. The molecule has 2 aromatic carbocycles. The van der Waals surface area contributed by atoms with Gasteiger partial charge in [0.1, 0.15) is 12.4 Å². The second kappa shape index (κ2) is 7.61. The van der Waals surface area contributed by atoms with Gasteiger partial charge in [-0.2, -0.15) is 5.10 Å². The van der Waals surface area contributed by atoms with Crippen molar-refractivity contribution in [2.45, 2.75) is 19.5 Å². The zero-order valence-electron chi connectivity index (χ0n) is 13.2. The highest BCUT2D eigenvalue weighted by Gasteiger charge is 2.13. The summed E-state index contributed by atoms with van der Waals surface area (Å²) in [5.41, 5.74) is 3.48. The molecule has 0 amide bonds. The number of aromatic nitrogens is 2. The van der Waals surface area contributed by atoms with Gasteiger partial charge in [0.2, 0.25) is 0 Å². The lowest BCUT2D eigenvalue weighted by molar-refractivity contribution is 0.265. The Bertz CT molecular complexity index is 710. The number of para-hydroxylation sites is 1. The van der Waals surface area contributed by atoms with Gasteiger partial charge >= 0.3 is 0 Å². The van der Waals surface area contributed by atoms with Crippen LogP contribution in [0.2, 0.25) is 0 Å². The van der Waals surface area contributed by atoms with E-state index in [1.165, 1.54) is 11.1 Å². The van der Waals surface area contributed by atoms with Crippen LogP contribution in [0.1, 0.15) is 22.9 Å². The van der Waals surface area contributed by atoms with Crippen molar-refractivity contribution in [2.24, 2.45) is 0 Å². The summed E-state index contributed by atoms with van der Waals surface area (Å²) in [5.74, 6) is 0.884. The highest BCUT2D eigenvalue weighted by atomic mass is 16.5. The van der Waals surface area contributed by atoms with E-state index in [-0.39, 0.29) is 6.04 Å². The number of H-pyrrole nitrogens is 1. The number of benzene rings is 2. The Morgan fingerprint density at radius 3 is 2.39 bits per heavy atom. The zero-order chi connectivity index (χ0) is 15.9. The van der Waals surface area contributed by atoms with Gasteiger partial charge in [0.05, 0.1) is 12.2 Å². The van der Waals surface area contributed by atoms with Gasteiger partial charge < -0.3 is 10.1 Å². The van der Waals surface area contributed by atoms with Crippen molar-refractivity contribution in [1.82, 2.24) is 15.5 Å². The minimum Gasteiger partial charge on any atom is -0.492 e. The van der Waals surface area contributed by atoms with Crippen molar-refractivity contribution in [3.63, 3.8) is 0 Å². The van der Waals surface area contributed by atoms with Crippen LogP contribution in [-0.2, 0) is 6.54 Å². The topological polar surface area (TPSA) is 49.9 Å². The number of hydrogen-bond donors (Lipinski definition) is 2. The predicted octanol–water partition coefficient (Wildman–Crippen LogP) is 3.63. The summed E-state index contributed by atoms with van der Waals surface area (Å²) in [4.78, 5) is 0. The van der Waals surface area contributed by atoms with Gasteiger partial charge in [0.25, 0.3) is 0 Å². The summed E-state index contributed by atoms with van der Waals surface area (Å²) >= 11 is 0. The number of aryl methyl sites for hydroxylation is 1. The van der Waals surface area contributed by atoms with Gasteiger partial charge in [-0.25, -0.2) is 0 Å². The van der Waals surface area contributed by atoms with Crippen molar-refractivity contribution in [3.8, 4) is 5.75 Å². The third-order valence-corrected chi connectivity index (χ3v) is 3.84. The largest absolute Gasteiger partial charge is 0.492 e. The fraction of sp³-hybridized carbons (Fsp3) is 0.211. The van der Waals surface area contributed by atoms with Crippen LogP contribution in [0.3, 0.4) is 0 Å². The molecule has 1 unspecified atom stereocenters. The van der Waals surface area contributed by atoms with Crippen LogP contribution in [0.25, 0.3) is 0 Å².